The fourth-order valence-corrected chi connectivity index (χ4v) is 4.27. The van der Waals surface area contributed by atoms with Gasteiger partial charge in [-0.05, 0) is 59.5 Å². The van der Waals surface area contributed by atoms with Crippen LogP contribution in [0.3, 0.4) is 0 Å². The van der Waals surface area contributed by atoms with Crippen molar-refractivity contribution in [3.8, 4) is 0 Å². The number of para-hydroxylation sites is 1. The SMILES string of the molecule is CN(C)c1ccc(/C=C/C(=O)c2ccc3c4c(cccc24)C(=O)N(c2ccccc2)C3=O)cc1. The summed E-state index contributed by atoms with van der Waals surface area (Å²) in [6.45, 7) is 0. The fraction of sp³-hybridized carbons (Fsp3) is 0.0690. The second-order valence-corrected chi connectivity index (χ2v) is 8.35. The Labute approximate surface area is 197 Å². The maximum absolute atomic E-state index is 13.3. The van der Waals surface area contributed by atoms with E-state index in [0.717, 1.165) is 11.3 Å². The first-order valence-corrected chi connectivity index (χ1v) is 10.9. The van der Waals surface area contributed by atoms with E-state index in [1.54, 1.807) is 60.7 Å². The predicted octanol–water partition coefficient (Wildman–Crippen LogP) is 5.60. The zero-order chi connectivity index (χ0) is 23.8. The molecule has 0 saturated carbocycles. The molecule has 0 bridgehead atoms. The average Bonchev–Trinajstić information content (AvgIpc) is 2.86. The van der Waals surface area contributed by atoms with E-state index in [-0.39, 0.29) is 5.78 Å². The summed E-state index contributed by atoms with van der Waals surface area (Å²) >= 11 is 0. The van der Waals surface area contributed by atoms with Crippen molar-refractivity contribution in [2.45, 2.75) is 0 Å². The molecule has 34 heavy (non-hydrogen) atoms. The molecule has 0 radical (unpaired) electrons. The van der Waals surface area contributed by atoms with Crippen LogP contribution in [0, 0.1) is 0 Å². The van der Waals surface area contributed by atoms with Crippen molar-refractivity contribution in [2.24, 2.45) is 0 Å². The average molecular weight is 447 g/mol. The number of carbonyl (C=O) groups excluding carboxylic acids is 3. The molecule has 0 atom stereocenters. The highest BCUT2D eigenvalue weighted by Crippen LogP contribution is 2.34. The van der Waals surface area contributed by atoms with Gasteiger partial charge in [-0.15, -0.1) is 0 Å². The second-order valence-electron chi connectivity index (χ2n) is 8.35. The summed E-state index contributed by atoms with van der Waals surface area (Å²) in [6.07, 6.45) is 3.29. The number of carbonyl (C=O) groups is 3. The van der Waals surface area contributed by atoms with Crippen molar-refractivity contribution < 1.29 is 14.4 Å². The summed E-state index contributed by atoms with van der Waals surface area (Å²) in [7, 11) is 3.95. The van der Waals surface area contributed by atoms with Crippen molar-refractivity contribution in [1.82, 2.24) is 0 Å². The minimum atomic E-state index is -0.393. The van der Waals surface area contributed by atoms with Crippen LogP contribution in [0.5, 0.6) is 0 Å². The largest absolute Gasteiger partial charge is 0.378 e. The number of hydrogen-bond donors (Lipinski definition) is 0. The number of allylic oxidation sites excluding steroid dienone is 1. The fourth-order valence-electron chi connectivity index (χ4n) is 4.27. The van der Waals surface area contributed by atoms with Crippen molar-refractivity contribution in [1.29, 1.82) is 0 Å². The Hall–Kier alpha value is -4.51. The third-order valence-electron chi connectivity index (χ3n) is 6.02. The van der Waals surface area contributed by atoms with Gasteiger partial charge in [0.1, 0.15) is 0 Å². The maximum Gasteiger partial charge on any atom is 0.265 e. The summed E-state index contributed by atoms with van der Waals surface area (Å²) in [5, 5.41) is 1.13. The molecule has 0 N–H and O–H groups in total. The molecule has 5 nitrogen and oxygen atoms in total. The third kappa shape index (κ3) is 3.57. The summed E-state index contributed by atoms with van der Waals surface area (Å²) in [5.74, 6) is -0.975. The van der Waals surface area contributed by atoms with Crippen LogP contribution in [0.4, 0.5) is 11.4 Å². The van der Waals surface area contributed by atoms with Crippen molar-refractivity contribution in [2.75, 3.05) is 23.9 Å². The molecule has 0 saturated heterocycles. The summed E-state index contributed by atoms with van der Waals surface area (Å²) < 4.78 is 0. The molecule has 1 heterocycles. The third-order valence-corrected chi connectivity index (χ3v) is 6.02. The van der Waals surface area contributed by atoms with Crippen molar-refractivity contribution >= 4 is 45.8 Å². The van der Waals surface area contributed by atoms with Gasteiger partial charge in [-0.2, -0.15) is 0 Å². The van der Waals surface area contributed by atoms with E-state index in [2.05, 4.69) is 0 Å². The number of rotatable bonds is 5. The van der Waals surface area contributed by atoms with Gasteiger partial charge in [-0.25, -0.2) is 4.90 Å². The summed E-state index contributed by atoms with van der Waals surface area (Å²) in [4.78, 5) is 42.9. The zero-order valence-corrected chi connectivity index (χ0v) is 18.9. The number of hydrogen-bond acceptors (Lipinski definition) is 4. The summed E-state index contributed by atoms with van der Waals surface area (Å²) in [5.41, 5.74) is 3.78. The van der Waals surface area contributed by atoms with E-state index in [1.165, 1.54) is 11.0 Å². The summed E-state index contributed by atoms with van der Waals surface area (Å²) in [6, 6.07) is 25.3. The first kappa shape index (κ1) is 21.3. The Morgan fingerprint density at radius 1 is 0.765 bits per heavy atom. The van der Waals surface area contributed by atoms with Crippen LogP contribution >= 0.6 is 0 Å². The molecule has 4 aromatic rings. The van der Waals surface area contributed by atoms with Gasteiger partial charge >= 0.3 is 0 Å². The molecule has 5 rings (SSSR count). The first-order valence-electron chi connectivity index (χ1n) is 10.9. The molecule has 2 amide bonds. The van der Waals surface area contributed by atoms with Gasteiger partial charge in [0.15, 0.2) is 5.78 Å². The molecule has 5 heteroatoms. The molecular formula is C29H22N2O3. The van der Waals surface area contributed by atoms with Crippen LogP contribution in [0.2, 0.25) is 0 Å². The monoisotopic (exact) mass is 446 g/mol. The Morgan fingerprint density at radius 2 is 1.44 bits per heavy atom. The second kappa shape index (κ2) is 8.45. The number of imide groups is 1. The van der Waals surface area contributed by atoms with E-state index >= 15 is 0 Å². The van der Waals surface area contributed by atoms with E-state index in [1.807, 2.05) is 49.3 Å². The molecule has 0 fully saturated rings. The molecule has 1 aliphatic heterocycles. The van der Waals surface area contributed by atoms with E-state index in [9.17, 15) is 14.4 Å². The lowest BCUT2D eigenvalue weighted by molar-refractivity contribution is 0.0892. The van der Waals surface area contributed by atoms with Crippen LogP contribution in [0.1, 0.15) is 36.6 Å². The highest BCUT2D eigenvalue weighted by molar-refractivity contribution is 6.37. The molecule has 0 aromatic heterocycles. The molecule has 166 valence electrons. The lowest BCUT2D eigenvalue weighted by Gasteiger charge is -2.27. The number of ketones is 1. The minimum absolute atomic E-state index is 0.189. The van der Waals surface area contributed by atoms with Crippen molar-refractivity contribution in [3.63, 3.8) is 0 Å². The van der Waals surface area contributed by atoms with Gasteiger partial charge in [-0.3, -0.25) is 14.4 Å². The van der Waals surface area contributed by atoms with E-state index < -0.39 is 11.8 Å². The van der Waals surface area contributed by atoms with Gasteiger partial charge in [0.25, 0.3) is 11.8 Å². The normalized spacial score (nSPS) is 13.1. The molecule has 0 unspecified atom stereocenters. The Balaban J connectivity index is 1.53. The van der Waals surface area contributed by atoms with Gasteiger partial charge in [0.2, 0.25) is 0 Å². The molecule has 4 aromatic carbocycles. The molecular weight excluding hydrogens is 424 g/mol. The first-order chi connectivity index (χ1) is 16.5. The molecule has 0 spiro atoms. The van der Waals surface area contributed by atoms with Gasteiger partial charge in [0, 0.05) is 41.9 Å². The predicted molar refractivity (Wildman–Crippen MR) is 136 cm³/mol. The van der Waals surface area contributed by atoms with Crippen LogP contribution in [-0.4, -0.2) is 31.7 Å². The standard InChI is InChI=1S/C29H22N2O3/c1-30(2)20-14-11-19(12-15-20)13-18-26(32)22-16-17-25-27-23(22)9-6-10-24(27)28(33)31(29(25)34)21-7-4-3-5-8-21/h3-18H,1-2H3/b18-13+. The lowest BCUT2D eigenvalue weighted by atomic mass is 9.89. The van der Waals surface area contributed by atoms with Gasteiger partial charge in [-0.1, -0.05) is 48.5 Å². The Morgan fingerprint density at radius 3 is 2.12 bits per heavy atom. The van der Waals surface area contributed by atoms with Crippen LogP contribution in [-0.2, 0) is 0 Å². The maximum atomic E-state index is 13.3. The minimum Gasteiger partial charge on any atom is -0.378 e. The number of benzene rings is 4. The number of amides is 2. The van der Waals surface area contributed by atoms with Crippen LogP contribution in [0.15, 0.2) is 91.0 Å². The lowest BCUT2D eigenvalue weighted by Crippen LogP contribution is -2.40. The Bertz CT molecular complexity index is 1450. The zero-order valence-electron chi connectivity index (χ0n) is 18.9. The van der Waals surface area contributed by atoms with Gasteiger partial charge in [0.05, 0.1) is 5.69 Å². The topological polar surface area (TPSA) is 57.7 Å². The quantitative estimate of drug-likeness (QED) is 0.227. The molecule has 0 aliphatic carbocycles. The smallest absolute Gasteiger partial charge is 0.265 e. The Kier molecular flexibility index (Phi) is 5.30. The van der Waals surface area contributed by atoms with Crippen LogP contribution < -0.4 is 9.80 Å². The van der Waals surface area contributed by atoms with Gasteiger partial charge < -0.3 is 4.90 Å². The van der Waals surface area contributed by atoms with E-state index in [0.29, 0.717) is 33.2 Å². The molecule has 1 aliphatic rings. The highest BCUT2D eigenvalue weighted by Gasteiger charge is 2.34. The number of anilines is 2. The van der Waals surface area contributed by atoms with E-state index in [4.69, 9.17) is 0 Å². The highest BCUT2D eigenvalue weighted by atomic mass is 16.2. The van der Waals surface area contributed by atoms with Crippen LogP contribution in [0.25, 0.3) is 16.8 Å². The van der Waals surface area contributed by atoms with Crippen molar-refractivity contribution in [3.05, 3.63) is 113 Å². The number of nitrogens with zero attached hydrogens (tertiary/aromatic N) is 2.